The normalized spacial score (nSPS) is 12.3. The number of thiocarbonyl (C=S) groups is 1. The molecule has 1 nitrogen and oxygen atoms in total. The third-order valence-corrected chi connectivity index (χ3v) is 9.05. The summed E-state index contributed by atoms with van der Waals surface area (Å²) in [5, 5.41) is 1.82. The predicted molar refractivity (Wildman–Crippen MR) is 107 cm³/mol. The van der Waals surface area contributed by atoms with Crippen LogP contribution >= 0.6 is 31.1 Å². The summed E-state index contributed by atoms with van der Waals surface area (Å²) in [5.41, 5.74) is 0. The molecular formula is C19H19OPS2. The molecule has 4 heteroatoms. The van der Waals surface area contributed by atoms with E-state index >= 15 is 0 Å². The van der Waals surface area contributed by atoms with E-state index in [2.05, 4.69) is 12.8 Å². The monoisotopic (exact) mass is 358 g/mol. The molecule has 0 saturated carbocycles. The molecule has 0 radical (unpaired) electrons. The molecule has 0 N–H and O–H groups in total. The Hall–Kier alpha value is -1.33. The topological polar surface area (TPSA) is 17.1 Å². The largest absolute Gasteiger partial charge is 0.307 e. The van der Waals surface area contributed by atoms with Crippen LogP contribution in [0.3, 0.4) is 0 Å². The Bertz CT molecular complexity index is 691. The second-order valence-corrected chi connectivity index (χ2v) is 10.6. The molecule has 1 unspecified atom stereocenters. The lowest BCUT2D eigenvalue weighted by Crippen LogP contribution is -2.21. The first-order valence-corrected chi connectivity index (χ1v) is 10.4. The smallest absolute Gasteiger partial charge is 0.187 e. The van der Waals surface area contributed by atoms with E-state index in [4.69, 9.17) is 18.6 Å². The Labute approximate surface area is 148 Å². The van der Waals surface area contributed by atoms with E-state index in [1.165, 1.54) is 11.8 Å². The van der Waals surface area contributed by atoms with Crippen molar-refractivity contribution < 1.29 is 4.57 Å². The maximum Gasteiger partial charge on any atom is 0.187 e. The van der Waals surface area contributed by atoms with Crippen molar-refractivity contribution in [3.63, 3.8) is 0 Å². The van der Waals surface area contributed by atoms with E-state index in [0.717, 1.165) is 17.0 Å². The summed E-state index contributed by atoms with van der Waals surface area (Å²) in [6, 6.07) is 19.0. The molecule has 118 valence electrons. The van der Waals surface area contributed by atoms with Gasteiger partial charge in [-0.2, -0.15) is 0 Å². The molecule has 0 saturated heterocycles. The van der Waals surface area contributed by atoms with Crippen LogP contribution in [0.4, 0.5) is 0 Å². The third-order valence-electron chi connectivity index (χ3n) is 3.49. The zero-order valence-corrected chi connectivity index (χ0v) is 15.5. The summed E-state index contributed by atoms with van der Waals surface area (Å²) in [7, 11) is -2.96. The van der Waals surface area contributed by atoms with Gasteiger partial charge in [-0.1, -0.05) is 79.8 Å². The zero-order valence-electron chi connectivity index (χ0n) is 13.0. The Morgan fingerprint density at radius 3 is 2.04 bits per heavy atom. The molecule has 2 rings (SSSR count). The van der Waals surface area contributed by atoms with E-state index in [1.807, 2.05) is 60.7 Å². The lowest BCUT2D eigenvalue weighted by Gasteiger charge is -2.21. The minimum Gasteiger partial charge on any atom is -0.307 e. The van der Waals surface area contributed by atoms with Crippen molar-refractivity contribution in [2.24, 2.45) is 0 Å². The number of benzene rings is 2. The molecule has 0 aromatic heterocycles. The second-order valence-electron chi connectivity index (χ2n) is 5.22. The average molecular weight is 358 g/mol. The molecule has 0 heterocycles. The zero-order chi connectivity index (χ0) is 16.7. The summed E-state index contributed by atoms with van der Waals surface area (Å²) in [6.07, 6.45) is 6.90. The van der Waals surface area contributed by atoms with Gasteiger partial charge in [0.15, 0.2) is 7.14 Å². The van der Waals surface area contributed by atoms with Crippen molar-refractivity contribution in [3.8, 4) is 12.3 Å². The molecule has 1 atom stereocenters. The van der Waals surface area contributed by atoms with Crippen molar-refractivity contribution in [2.75, 3.05) is 0 Å². The fourth-order valence-electron chi connectivity index (χ4n) is 2.23. The molecule has 0 bridgehead atoms. The molecule has 0 amide bonds. The molecule has 0 aliphatic rings. The maximum atomic E-state index is 13.9. The summed E-state index contributed by atoms with van der Waals surface area (Å²) in [6.45, 7) is 2.08. The standard InChI is InChI=1S/C19H19OPS2/c1-3-4-11-16(2)23-19(22)21(20,17-12-7-5-8-13-17)18-14-9-6-10-15-18/h1,5-10,12-16H,4,11H2,2H3. The average Bonchev–Trinajstić information content (AvgIpc) is 2.60. The lowest BCUT2D eigenvalue weighted by atomic mass is 10.3. The SMILES string of the molecule is C#CCCC(C)SC(=S)P(=O)(c1ccccc1)c1ccccc1. The van der Waals surface area contributed by atoms with Crippen LogP contribution in [0.15, 0.2) is 60.7 Å². The van der Waals surface area contributed by atoms with Crippen LogP contribution in [0.5, 0.6) is 0 Å². The quantitative estimate of drug-likeness (QED) is 0.419. The Balaban J connectivity index is 2.38. The van der Waals surface area contributed by atoms with Crippen molar-refractivity contribution in [1.82, 2.24) is 0 Å². The van der Waals surface area contributed by atoms with Gasteiger partial charge in [-0.15, -0.1) is 24.1 Å². The van der Waals surface area contributed by atoms with E-state index < -0.39 is 7.14 Å². The Morgan fingerprint density at radius 1 is 1.13 bits per heavy atom. The number of hydrogen-bond donors (Lipinski definition) is 0. The van der Waals surface area contributed by atoms with Gasteiger partial charge in [0.2, 0.25) is 0 Å². The van der Waals surface area contributed by atoms with Crippen LogP contribution in [0.25, 0.3) is 0 Å². The van der Waals surface area contributed by atoms with Crippen LogP contribution in [0, 0.1) is 12.3 Å². The molecule has 0 spiro atoms. The van der Waals surface area contributed by atoms with Gasteiger partial charge >= 0.3 is 0 Å². The van der Waals surface area contributed by atoms with Crippen molar-refractivity contribution in [3.05, 3.63) is 60.7 Å². The fourth-order valence-corrected chi connectivity index (χ4v) is 7.60. The van der Waals surface area contributed by atoms with Crippen LogP contribution in [-0.2, 0) is 4.57 Å². The van der Waals surface area contributed by atoms with Crippen molar-refractivity contribution in [2.45, 2.75) is 25.0 Å². The van der Waals surface area contributed by atoms with E-state index in [-0.39, 0.29) is 5.25 Å². The minimum absolute atomic E-state index is 0.249. The molecule has 0 aliphatic carbocycles. The van der Waals surface area contributed by atoms with Crippen LogP contribution < -0.4 is 10.6 Å². The summed E-state index contributed by atoms with van der Waals surface area (Å²) < 4.78 is 14.5. The fraction of sp³-hybridized carbons (Fsp3) is 0.211. The molecule has 2 aromatic carbocycles. The Morgan fingerprint density at radius 2 is 1.61 bits per heavy atom. The van der Waals surface area contributed by atoms with Crippen molar-refractivity contribution >= 4 is 45.7 Å². The second kappa shape index (κ2) is 8.50. The first-order valence-electron chi connectivity index (χ1n) is 7.45. The van der Waals surface area contributed by atoms with Gasteiger partial charge in [0, 0.05) is 22.3 Å². The van der Waals surface area contributed by atoms with E-state index in [0.29, 0.717) is 10.4 Å². The van der Waals surface area contributed by atoms with Crippen LogP contribution in [-0.4, -0.2) is 9.19 Å². The van der Waals surface area contributed by atoms with Gasteiger partial charge in [-0.05, 0) is 6.42 Å². The number of thioether (sulfide) groups is 1. The summed E-state index contributed by atoms with van der Waals surface area (Å²) in [4.78, 5) is 0. The van der Waals surface area contributed by atoms with Gasteiger partial charge in [0.05, 0.1) is 0 Å². The predicted octanol–water partition coefficient (Wildman–Crippen LogP) is 4.82. The summed E-state index contributed by atoms with van der Waals surface area (Å²) >= 11 is 7.14. The maximum absolute atomic E-state index is 13.9. The van der Waals surface area contributed by atoms with Gasteiger partial charge in [-0.25, -0.2) is 0 Å². The first kappa shape index (κ1) is 18.0. The highest BCUT2D eigenvalue weighted by molar-refractivity contribution is 8.39. The lowest BCUT2D eigenvalue weighted by molar-refractivity contribution is 0.594. The van der Waals surface area contributed by atoms with Gasteiger partial charge in [-0.3, -0.25) is 0 Å². The van der Waals surface area contributed by atoms with Gasteiger partial charge in [0.1, 0.15) is 3.94 Å². The Kier molecular flexibility index (Phi) is 6.66. The number of rotatable bonds is 6. The molecular weight excluding hydrogens is 339 g/mol. The molecule has 2 aromatic rings. The highest BCUT2D eigenvalue weighted by Crippen LogP contribution is 2.50. The highest BCUT2D eigenvalue weighted by atomic mass is 32.2. The highest BCUT2D eigenvalue weighted by Gasteiger charge is 2.33. The minimum atomic E-state index is -2.96. The molecule has 23 heavy (non-hydrogen) atoms. The van der Waals surface area contributed by atoms with Crippen molar-refractivity contribution in [1.29, 1.82) is 0 Å². The molecule has 0 aliphatic heterocycles. The van der Waals surface area contributed by atoms with Crippen LogP contribution in [0.2, 0.25) is 0 Å². The van der Waals surface area contributed by atoms with Crippen LogP contribution in [0.1, 0.15) is 19.8 Å². The van der Waals surface area contributed by atoms with Gasteiger partial charge < -0.3 is 4.57 Å². The third kappa shape index (κ3) is 4.36. The number of hydrogen-bond acceptors (Lipinski definition) is 3. The summed E-state index contributed by atoms with van der Waals surface area (Å²) in [5.74, 6) is 2.65. The van der Waals surface area contributed by atoms with E-state index in [9.17, 15) is 4.57 Å². The first-order chi connectivity index (χ1) is 11.1. The number of terminal acetylenes is 1. The van der Waals surface area contributed by atoms with E-state index in [1.54, 1.807) is 0 Å². The molecule has 0 fully saturated rings. The van der Waals surface area contributed by atoms with Gasteiger partial charge in [0.25, 0.3) is 0 Å².